The number of nitrogens with zero attached hydrogens (tertiary/aromatic N) is 1. The molecule has 3 heterocycles. The average molecular weight is 419 g/mol. The third kappa shape index (κ3) is 3.89. The molecule has 2 saturated heterocycles. The molecule has 7 nitrogen and oxygen atoms in total. The van der Waals surface area contributed by atoms with Crippen LogP contribution in [0.15, 0.2) is 41.3 Å². The molecule has 4 atom stereocenters. The van der Waals surface area contributed by atoms with Crippen LogP contribution in [-0.4, -0.2) is 50.5 Å². The summed E-state index contributed by atoms with van der Waals surface area (Å²) >= 11 is 0. The molecule has 0 N–H and O–H groups in total. The Labute approximate surface area is 170 Å². The number of carbonyl (C=O) groups excluding carboxylic acids is 2. The Balaban J connectivity index is 1.15. The van der Waals surface area contributed by atoms with Crippen LogP contribution in [0.1, 0.15) is 31.2 Å². The van der Waals surface area contributed by atoms with Crippen LogP contribution in [-0.2, 0) is 28.6 Å². The van der Waals surface area contributed by atoms with E-state index in [1.165, 1.54) is 17.0 Å². The van der Waals surface area contributed by atoms with Gasteiger partial charge in [-0.05, 0) is 31.9 Å². The largest absolute Gasteiger partial charge is 0.365 e. The van der Waals surface area contributed by atoms with Crippen LogP contribution < -0.4 is 0 Å². The first-order valence-electron chi connectivity index (χ1n) is 10.0. The maximum atomic E-state index is 12.5. The van der Waals surface area contributed by atoms with Gasteiger partial charge in [0.1, 0.15) is 0 Å². The number of fused-ring (bicyclic) bond motifs is 5. The number of hydrogen-bond donors (Lipinski definition) is 0. The van der Waals surface area contributed by atoms with Gasteiger partial charge in [-0.15, -0.1) is 0 Å². The van der Waals surface area contributed by atoms with Crippen molar-refractivity contribution in [2.45, 2.75) is 49.7 Å². The Morgan fingerprint density at radius 1 is 0.931 bits per heavy atom. The molecule has 0 saturated carbocycles. The van der Waals surface area contributed by atoms with E-state index in [9.17, 15) is 18.0 Å². The first kappa shape index (κ1) is 20.3. The van der Waals surface area contributed by atoms with E-state index in [-0.39, 0.29) is 47.4 Å². The van der Waals surface area contributed by atoms with E-state index in [0.717, 1.165) is 18.4 Å². The highest BCUT2D eigenvalue weighted by Gasteiger charge is 2.60. The molecule has 2 amide bonds. The quantitative estimate of drug-likeness (QED) is 0.264. The number of imide groups is 1. The number of benzene rings is 1. The zero-order chi connectivity index (χ0) is 20.6. The zero-order valence-corrected chi connectivity index (χ0v) is 17.1. The SMILES string of the molecule is Cc1ccc(S(=O)(=O)OCCCCCCN2C(=O)C3C4C=CC(O4)C3C2=O)cc1. The molecule has 29 heavy (non-hydrogen) atoms. The van der Waals surface area contributed by atoms with Gasteiger partial charge in [-0.25, -0.2) is 0 Å². The van der Waals surface area contributed by atoms with Crippen molar-refractivity contribution in [1.82, 2.24) is 4.90 Å². The van der Waals surface area contributed by atoms with Crippen LogP contribution in [0.5, 0.6) is 0 Å². The summed E-state index contributed by atoms with van der Waals surface area (Å²) in [6.07, 6.45) is 6.12. The second-order valence-corrected chi connectivity index (χ2v) is 9.45. The lowest BCUT2D eigenvalue weighted by atomic mass is 9.85. The molecule has 3 aliphatic heterocycles. The lowest BCUT2D eigenvalue weighted by Gasteiger charge is -2.17. The number of unbranched alkanes of at least 4 members (excludes halogenated alkanes) is 3. The van der Waals surface area contributed by atoms with Gasteiger partial charge in [0.2, 0.25) is 11.8 Å². The molecule has 3 aliphatic rings. The van der Waals surface area contributed by atoms with Gasteiger partial charge in [0.25, 0.3) is 10.1 Å². The minimum absolute atomic E-state index is 0.119. The van der Waals surface area contributed by atoms with Gasteiger partial charge in [-0.3, -0.25) is 18.7 Å². The maximum Gasteiger partial charge on any atom is 0.296 e. The topological polar surface area (TPSA) is 90.0 Å². The van der Waals surface area contributed by atoms with E-state index in [1.54, 1.807) is 12.1 Å². The smallest absolute Gasteiger partial charge is 0.296 e. The van der Waals surface area contributed by atoms with Gasteiger partial charge in [0, 0.05) is 6.54 Å². The lowest BCUT2D eigenvalue weighted by Crippen LogP contribution is -2.35. The van der Waals surface area contributed by atoms with Crippen LogP contribution in [0.4, 0.5) is 0 Å². The van der Waals surface area contributed by atoms with E-state index in [1.807, 2.05) is 19.1 Å². The molecule has 4 rings (SSSR count). The van der Waals surface area contributed by atoms with E-state index < -0.39 is 10.1 Å². The Bertz CT molecular complexity index is 893. The fourth-order valence-corrected chi connectivity index (χ4v) is 5.20. The Morgan fingerprint density at radius 3 is 2.14 bits per heavy atom. The van der Waals surface area contributed by atoms with Crippen LogP contribution >= 0.6 is 0 Å². The highest BCUT2D eigenvalue weighted by atomic mass is 32.2. The van der Waals surface area contributed by atoms with E-state index in [4.69, 9.17) is 8.92 Å². The fraction of sp³-hybridized carbons (Fsp3) is 0.524. The van der Waals surface area contributed by atoms with Gasteiger partial charge < -0.3 is 4.74 Å². The van der Waals surface area contributed by atoms with Crippen molar-refractivity contribution in [3.05, 3.63) is 42.0 Å². The Morgan fingerprint density at radius 2 is 1.52 bits per heavy atom. The van der Waals surface area contributed by atoms with Crippen LogP contribution in [0.2, 0.25) is 0 Å². The number of likely N-dealkylation sites (tertiary alicyclic amines) is 1. The standard InChI is InChI=1S/C21H25NO6S/c1-14-6-8-15(9-7-14)29(25,26)27-13-5-3-2-4-12-22-20(23)18-16-10-11-17(28-16)19(18)21(22)24/h6-11,16-19H,2-5,12-13H2,1H3. The highest BCUT2D eigenvalue weighted by molar-refractivity contribution is 7.86. The molecular formula is C21H25NO6S. The summed E-state index contributed by atoms with van der Waals surface area (Å²) in [5.74, 6) is -0.940. The molecule has 0 radical (unpaired) electrons. The molecule has 8 heteroatoms. The highest BCUT2D eigenvalue weighted by Crippen LogP contribution is 2.45. The summed E-state index contributed by atoms with van der Waals surface area (Å²) in [5, 5.41) is 0. The van der Waals surface area contributed by atoms with E-state index in [2.05, 4.69) is 0 Å². The summed E-state index contributed by atoms with van der Waals surface area (Å²) < 4.78 is 34.9. The normalized spacial score (nSPS) is 27.8. The van der Waals surface area contributed by atoms with Crippen LogP contribution in [0.3, 0.4) is 0 Å². The predicted molar refractivity (Wildman–Crippen MR) is 104 cm³/mol. The molecule has 1 aromatic carbocycles. The number of aryl methyl sites for hydroxylation is 1. The van der Waals surface area contributed by atoms with Crippen molar-refractivity contribution >= 4 is 21.9 Å². The number of ether oxygens (including phenoxy) is 1. The third-order valence-electron chi connectivity index (χ3n) is 5.83. The molecule has 0 spiro atoms. The van der Waals surface area contributed by atoms with Gasteiger partial charge in [-0.2, -0.15) is 8.42 Å². The summed E-state index contributed by atoms with van der Waals surface area (Å²) in [4.78, 5) is 26.6. The van der Waals surface area contributed by atoms with E-state index >= 15 is 0 Å². The summed E-state index contributed by atoms with van der Waals surface area (Å²) in [6, 6.07) is 6.55. The van der Waals surface area contributed by atoms with Crippen molar-refractivity contribution in [2.24, 2.45) is 11.8 Å². The van der Waals surface area contributed by atoms with Crippen molar-refractivity contribution in [1.29, 1.82) is 0 Å². The predicted octanol–water partition coefficient (Wildman–Crippen LogP) is 2.20. The van der Waals surface area contributed by atoms with Gasteiger partial charge in [0.05, 0.1) is 35.5 Å². The minimum Gasteiger partial charge on any atom is -0.365 e. The molecular weight excluding hydrogens is 394 g/mol. The lowest BCUT2D eigenvalue weighted by molar-refractivity contribution is -0.142. The Hall–Kier alpha value is -2.03. The molecule has 1 aromatic rings. The monoisotopic (exact) mass is 419 g/mol. The fourth-order valence-electron chi connectivity index (χ4n) is 4.25. The zero-order valence-electron chi connectivity index (χ0n) is 16.3. The first-order chi connectivity index (χ1) is 13.9. The first-order valence-corrected chi connectivity index (χ1v) is 11.4. The second-order valence-electron chi connectivity index (χ2n) is 7.83. The summed E-state index contributed by atoms with van der Waals surface area (Å²) in [6.45, 7) is 2.42. The van der Waals surface area contributed by atoms with Crippen LogP contribution in [0, 0.1) is 18.8 Å². The van der Waals surface area contributed by atoms with Gasteiger partial charge in [0.15, 0.2) is 0 Å². The molecule has 2 bridgehead atoms. The van der Waals surface area contributed by atoms with Gasteiger partial charge >= 0.3 is 0 Å². The number of amides is 2. The minimum atomic E-state index is -3.73. The molecule has 0 aliphatic carbocycles. The molecule has 156 valence electrons. The third-order valence-corrected chi connectivity index (χ3v) is 7.15. The second kappa shape index (κ2) is 8.01. The molecule has 4 unspecified atom stereocenters. The molecule has 2 fully saturated rings. The molecule has 0 aromatic heterocycles. The van der Waals surface area contributed by atoms with Crippen molar-refractivity contribution < 1.29 is 26.9 Å². The Kier molecular flexibility index (Phi) is 5.59. The van der Waals surface area contributed by atoms with Crippen molar-refractivity contribution in [2.75, 3.05) is 13.2 Å². The summed E-state index contributed by atoms with van der Waals surface area (Å²) in [5.41, 5.74) is 0.985. The van der Waals surface area contributed by atoms with E-state index in [0.29, 0.717) is 19.4 Å². The number of hydrogen-bond acceptors (Lipinski definition) is 6. The average Bonchev–Trinajstić information content (AvgIpc) is 3.37. The maximum absolute atomic E-state index is 12.5. The van der Waals surface area contributed by atoms with Crippen LogP contribution in [0.25, 0.3) is 0 Å². The van der Waals surface area contributed by atoms with Crippen molar-refractivity contribution in [3.63, 3.8) is 0 Å². The number of rotatable bonds is 9. The van der Waals surface area contributed by atoms with Crippen molar-refractivity contribution in [3.8, 4) is 0 Å². The summed E-state index contributed by atoms with van der Waals surface area (Å²) in [7, 11) is -3.73. The number of carbonyl (C=O) groups is 2. The van der Waals surface area contributed by atoms with Gasteiger partial charge in [-0.1, -0.05) is 42.7 Å².